The summed E-state index contributed by atoms with van der Waals surface area (Å²) in [6.45, 7) is 5.00. The van der Waals surface area contributed by atoms with Crippen molar-refractivity contribution in [2.45, 2.75) is 32.8 Å². The Bertz CT molecular complexity index is 523. The van der Waals surface area contributed by atoms with E-state index >= 15 is 0 Å². The molecule has 0 aliphatic carbocycles. The normalized spacial score (nSPS) is 11.6. The van der Waals surface area contributed by atoms with Gasteiger partial charge in [-0.15, -0.1) is 0 Å². The van der Waals surface area contributed by atoms with E-state index in [1.54, 1.807) is 20.8 Å². The van der Waals surface area contributed by atoms with Crippen LogP contribution in [0, 0.1) is 29.1 Å². The quantitative estimate of drug-likeness (QED) is 0.281. The van der Waals surface area contributed by atoms with Gasteiger partial charge in [-0.2, -0.15) is 8.78 Å². The van der Waals surface area contributed by atoms with Gasteiger partial charge in [0.25, 0.3) is 0 Å². The van der Waals surface area contributed by atoms with Crippen molar-refractivity contribution in [3.05, 3.63) is 29.1 Å². The molecule has 0 aliphatic rings. The van der Waals surface area contributed by atoms with Gasteiger partial charge in [0.2, 0.25) is 34.8 Å². The maximum Gasteiger partial charge on any atom is 0.313 e. The predicted octanol–water partition coefficient (Wildman–Crippen LogP) is 3.49. The molecule has 0 aliphatic heterocycles. The second-order valence-electron chi connectivity index (χ2n) is 5.08. The number of carbonyl (C=O) groups excluding carboxylic acids is 1. The van der Waals surface area contributed by atoms with Crippen LogP contribution in [-0.2, 0) is 9.53 Å². The fourth-order valence-corrected chi connectivity index (χ4v) is 1.28. The van der Waals surface area contributed by atoms with Gasteiger partial charge >= 0.3 is 5.97 Å². The third-order valence-electron chi connectivity index (χ3n) is 2.23. The zero-order valence-electron chi connectivity index (χ0n) is 11.5. The Hall–Kier alpha value is -1.70. The molecule has 21 heavy (non-hydrogen) atoms. The van der Waals surface area contributed by atoms with Gasteiger partial charge in [-0.1, -0.05) is 0 Å². The summed E-state index contributed by atoms with van der Waals surface area (Å²) >= 11 is 0. The molecule has 0 bridgehead atoms. The molecule has 1 aromatic rings. The van der Waals surface area contributed by atoms with Crippen molar-refractivity contribution < 1.29 is 36.2 Å². The first kappa shape index (κ1) is 17.4. The highest BCUT2D eigenvalue weighted by Gasteiger charge is 2.28. The number of hydrogen-bond acceptors (Lipinski definition) is 3. The molecule has 0 heterocycles. The Labute approximate surface area is 117 Å². The number of carbonyl (C=O) groups is 1. The second kappa shape index (κ2) is 6.38. The molecule has 0 aromatic heterocycles. The molecule has 0 spiro atoms. The van der Waals surface area contributed by atoms with E-state index in [0.29, 0.717) is 0 Å². The Morgan fingerprint density at radius 3 is 1.76 bits per heavy atom. The van der Waals surface area contributed by atoms with E-state index in [0.717, 1.165) is 0 Å². The van der Waals surface area contributed by atoms with Crippen molar-refractivity contribution in [1.82, 2.24) is 0 Å². The minimum absolute atomic E-state index is 0.127. The first-order chi connectivity index (χ1) is 9.54. The first-order valence-corrected chi connectivity index (χ1v) is 5.90. The predicted molar refractivity (Wildman–Crippen MR) is 62.2 cm³/mol. The number of benzene rings is 1. The lowest BCUT2D eigenvalue weighted by Gasteiger charge is -2.19. The van der Waals surface area contributed by atoms with Crippen LogP contribution in [0.2, 0.25) is 0 Å². The molecule has 0 N–H and O–H groups in total. The van der Waals surface area contributed by atoms with Crippen molar-refractivity contribution in [1.29, 1.82) is 0 Å². The van der Waals surface area contributed by atoms with Crippen molar-refractivity contribution in [3.63, 3.8) is 0 Å². The van der Waals surface area contributed by atoms with Crippen LogP contribution in [-0.4, -0.2) is 18.2 Å². The minimum Gasteiger partial charge on any atom is -0.420 e. The maximum atomic E-state index is 13.2. The van der Waals surface area contributed by atoms with Gasteiger partial charge < -0.3 is 9.47 Å². The summed E-state index contributed by atoms with van der Waals surface area (Å²) in [6.07, 6.45) is -0.406. The lowest BCUT2D eigenvalue weighted by molar-refractivity contribution is -0.137. The molecule has 0 saturated carbocycles. The Balaban J connectivity index is 2.82. The molecule has 118 valence electrons. The first-order valence-electron chi connectivity index (χ1n) is 5.90. The van der Waals surface area contributed by atoms with E-state index in [9.17, 15) is 26.7 Å². The number of esters is 1. The van der Waals surface area contributed by atoms with Gasteiger partial charge in [-0.3, -0.25) is 4.79 Å². The van der Waals surface area contributed by atoms with Crippen molar-refractivity contribution in [3.8, 4) is 5.75 Å². The molecule has 0 atom stereocenters. The van der Waals surface area contributed by atoms with E-state index in [4.69, 9.17) is 4.74 Å². The Kier molecular flexibility index (Phi) is 5.27. The molecule has 1 rings (SSSR count). The van der Waals surface area contributed by atoms with Gasteiger partial charge in [0.15, 0.2) is 0 Å². The van der Waals surface area contributed by atoms with Gasteiger partial charge in [0, 0.05) is 0 Å². The van der Waals surface area contributed by atoms with E-state index in [2.05, 4.69) is 4.74 Å². The van der Waals surface area contributed by atoms with Crippen LogP contribution >= 0.6 is 0 Å². The second-order valence-corrected chi connectivity index (χ2v) is 5.08. The van der Waals surface area contributed by atoms with Crippen LogP contribution < -0.4 is 4.74 Å². The highest BCUT2D eigenvalue weighted by Crippen LogP contribution is 2.29. The summed E-state index contributed by atoms with van der Waals surface area (Å²) in [5.74, 6) is -13.9. The third kappa shape index (κ3) is 4.38. The zero-order chi connectivity index (χ0) is 16.4. The molecular formula is C13H13F5O3. The molecule has 0 unspecified atom stereocenters. The topological polar surface area (TPSA) is 35.5 Å². The molecule has 0 radical (unpaired) electrons. The van der Waals surface area contributed by atoms with Crippen molar-refractivity contribution >= 4 is 5.97 Å². The molecule has 0 amide bonds. The van der Waals surface area contributed by atoms with E-state index in [1.165, 1.54) is 0 Å². The lowest BCUT2D eigenvalue weighted by atomic mass is 10.2. The molecule has 3 nitrogen and oxygen atoms in total. The average molecular weight is 312 g/mol. The summed E-state index contributed by atoms with van der Waals surface area (Å²) in [7, 11) is 0. The standard InChI is InChI=1S/C13H13F5O3/c1-13(2,3)20-5-4-6(19)21-12-10(17)8(15)7(14)9(16)11(12)18/h4-5H2,1-3H3. The van der Waals surface area contributed by atoms with E-state index in [1.807, 2.05) is 0 Å². The monoisotopic (exact) mass is 312 g/mol. The zero-order valence-corrected chi connectivity index (χ0v) is 11.5. The maximum absolute atomic E-state index is 13.2. The van der Waals surface area contributed by atoms with Crippen LogP contribution in [0.5, 0.6) is 5.75 Å². The van der Waals surface area contributed by atoms with Crippen LogP contribution in [0.25, 0.3) is 0 Å². The van der Waals surface area contributed by atoms with Crippen molar-refractivity contribution in [2.24, 2.45) is 0 Å². The van der Waals surface area contributed by atoms with Crippen LogP contribution in [0.1, 0.15) is 27.2 Å². The molecule has 1 aromatic carbocycles. The molecular weight excluding hydrogens is 299 g/mol. The fraction of sp³-hybridized carbons (Fsp3) is 0.462. The number of rotatable bonds is 4. The Morgan fingerprint density at radius 2 is 1.33 bits per heavy atom. The highest BCUT2D eigenvalue weighted by molar-refractivity contribution is 5.72. The number of halogens is 5. The van der Waals surface area contributed by atoms with Crippen LogP contribution in [0.15, 0.2) is 0 Å². The summed E-state index contributed by atoms with van der Waals surface area (Å²) < 4.78 is 74.4. The molecule has 0 saturated heterocycles. The van der Waals surface area contributed by atoms with Gasteiger partial charge in [0.1, 0.15) is 0 Å². The van der Waals surface area contributed by atoms with Crippen molar-refractivity contribution in [2.75, 3.05) is 6.61 Å². The minimum atomic E-state index is -2.32. The largest absolute Gasteiger partial charge is 0.420 e. The van der Waals surface area contributed by atoms with Gasteiger partial charge in [-0.25, -0.2) is 13.2 Å². The fourth-order valence-electron chi connectivity index (χ4n) is 1.28. The van der Waals surface area contributed by atoms with Crippen LogP contribution in [0.4, 0.5) is 22.0 Å². The average Bonchev–Trinajstić information content (AvgIpc) is 2.38. The summed E-state index contributed by atoms with van der Waals surface area (Å²) in [5.41, 5.74) is -0.551. The summed E-state index contributed by atoms with van der Waals surface area (Å²) in [4.78, 5) is 11.3. The third-order valence-corrected chi connectivity index (χ3v) is 2.23. The van der Waals surface area contributed by atoms with E-state index in [-0.39, 0.29) is 6.61 Å². The van der Waals surface area contributed by atoms with Crippen LogP contribution in [0.3, 0.4) is 0 Å². The SMILES string of the molecule is CC(C)(C)OCCC(=O)Oc1c(F)c(F)c(F)c(F)c1F. The Morgan fingerprint density at radius 1 is 0.905 bits per heavy atom. The smallest absolute Gasteiger partial charge is 0.313 e. The summed E-state index contributed by atoms with van der Waals surface area (Å²) in [6, 6.07) is 0. The van der Waals surface area contributed by atoms with Gasteiger partial charge in [-0.05, 0) is 20.8 Å². The molecule has 0 fully saturated rings. The van der Waals surface area contributed by atoms with E-state index < -0.39 is 52.8 Å². The number of hydrogen-bond donors (Lipinski definition) is 0. The summed E-state index contributed by atoms with van der Waals surface area (Å²) in [5, 5.41) is 0. The highest BCUT2D eigenvalue weighted by atomic mass is 19.2. The number of ether oxygens (including phenoxy) is 2. The lowest BCUT2D eigenvalue weighted by Crippen LogP contribution is -2.22. The van der Waals surface area contributed by atoms with Gasteiger partial charge in [0.05, 0.1) is 18.6 Å². The molecule has 8 heteroatoms.